The molecule has 0 radical (unpaired) electrons. The van der Waals surface area contributed by atoms with Crippen molar-refractivity contribution in [1.82, 2.24) is 20.6 Å². The van der Waals surface area contributed by atoms with Crippen LogP contribution in [0.5, 0.6) is 5.75 Å². The summed E-state index contributed by atoms with van der Waals surface area (Å²) in [5, 5.41) is 6.26. The van der Waals surface area contributed by atoms with Gasteiger partial charge in [-0.15, -0.1) is 0 Å². The highest BCUT2D eigenvalue weighted by Gasteiger charge is 2.38. The average Bonchev–Trinajstić information content (AvgIpc) is 3.03. The number of hydrogen-bond acceptors (Lipinski definition) is 5. The number of carbonyl (C=O) groups is 1. The number of rotatable bonds is 7. The standard InChI is InChI=1S/C16H26N4O3/c1-4-11(2)19-13(21)10-18-16(7-5-6-8-16)15-17-9-12(23-3)14(22)20-15/h9,11,18H,4-8,10H2,1-3H3,(H,19,21)(H,17,20,22). The highest BCUT2D eigenvalue weighted by atomic mass is 16.5. The molecular formula is C16H26N4O3. The number of H-pyrrole nitrogens is 1. The molecule has 128 valence electrons. The predicted molar refractivity (Wildman–Crippen MR) is 87.5 cm³/mol. The van der Waals surface area contributed by atoms with E-state index < -0.39 is 5.54 Å². The first-order valence-electron chi connectivity index (χ1n) is 8.19. The Kier molecular flexibility index (Phi) is 5.76. The number of aromatic amines is 1. The molecule has 1 aromatic heterocycles. The first-order valence-corrected chi connectivity index (χ1v) is 8.19. The maximum absolute atomic E-state index is 12.0. The van der Waals surface area contributed by atoms with E-state index in [-0.39, 0.29) is 29.8 Å². The van der Waals surface area contributed by atoms with E-state index in [1.165, 1.54) is 13.3 Å². The summed E-state index contributed by atoms with van der Waals surface area (Å²) >= 11 is 0. The first-order chi connectivity index (χ1) is 11.0. The van der Waals surface area contributed by atoms with Gasteiger partial charge in [-0.3, -0.25) is 14.9 Å². The molecule has 2 rings (SSSR count). The zero-order valence-corrected chi connectivity index (χ0v) is 14.1. The Bertz CT molecular complexity index is 593. The van der Waals surface area contributed by atoms with Gasteiger partial charge < -0.3 is 15.0 Å². The van der Waals surface area contributed by atoms with Crippen molar-refractivity contribution >= 4 is 5.91 Å². The third-order valence-corrected chi connectivity index (χ3v) is 4.50. The first kappa shape index (κ1) is 17.5. The van der Waals surface area contributed by atoms with Crippen LogP contribution in [0, 0.1) is 0 Å². The van der Waals surface area contributed by atoms with Crippen molar-refractivity contribution in [3.05, 3.63) is 22.4 Å². The number of ether oxygens (including phenoxy) is 1. The second kappa shape index (κ2) is 7.59. The predicted octanol–water partition coefficient (Wildman–Crippen LogP) is 1.05. The summed E-state index contributed by atoms with van der Waals surface area (Å²) in [5.74, 6) is 0.732. The van der Waals surface area contributed by atoms with E-state index in [4.69, 9.17) is 4.74 Å². The molecule has 0 spiro atoms. The molecule has 1 aliphatic carbocycles. The van der Waals surface area contributed by atoms with Gasteiger partial charge >= 0.3 is 0 Å². The van der Waals surface area contributed by atoms with E-state index in [0.29, 0.717) is 5.82 Å². The maximum Gasteiger partial charge on any atom is 0.293 e. The van der Waals surface area contributed by atoms with Crippen molar-refractivity contribution in [2.75, 3.05) is 13.7 Å². The molecule has 0 bridgehead atoms. The fourth-order valence-electron chi connectivity index (χ4n) is 2.93. The molecule has 0 aliphatic heterocycles. The van der Waals surface area contributed by atoms with Crippen LogP contribution in [0.4, 0.5) is 0 Å². The smallest absolute Gasteiger partial charge is 0.293 e. The minimum Gasteiger partial charge on any atom is -0.490 e. The SMILES string of the molecule is CCC(C)NC(=O)CNC1(c2ncc(OC)c(=O)[nH]2)CCCC1. The summed E-state index contributed by atoms with van der Waals surface area (Å²) in [6.45, 7) is 4.22. The summed E-state index contributed by atoms with van der Waals surface area (Å²) in [5.41, 5.74) is -0.743. The van der Waals surface area contributed by atoms with Crippen LogP contribution in [0.2, 0.25) is 0 Å². The molecule has 1 fully saturated rings. The van der Waals surface area contributed by atoms with Crippen molar-refractivity contribution in [3.63, 3.8) is 0 Å². The number of carbonyl (C=O) groups excluding carboxylic acids is 1. The van der Waals surface area contributed by atoms with Gasteiger partial charge in [0, 0.05) is 6.04 Å². The number of nitrogens with one attached hydrogen (secondary N) is 3. The largest absolute Gasteiger partial charge is 0.490 e. The molecule has 23 heavy (non-hydrogen) atoms. The van der Waals surface area contributed by atoms with Gasteiger partial charge in [0.05, 0.1) is 25.4 Å². The van der Waals surface area contributed by atoms with E-state index >= 15 is 0 Å². The zero-order chi connectivity index (χ0) is 16.9. The highest BCUT2D eigenvalue weighted by Crippen LogP contribution is 2.36. The quantitative estimate of drug-likeness (QED) is 0.697. The lowest BCUT2D eigenvalue weighted by molar-refractivity contribution is -0.121. The second-order valence-corrected chi connectivity index (χ2v) is 6.15. The van der Waals surface area contributed by atoms with Gasteiger partial charge in [-0.05, 0) is 26.2 Å². The molecule has 1 aliphatic rings. The van der Waals surface area contributed by atoms with Gasteiger partial charge in [0.25, 0.3) is 5.56 Å². The van der Waals surface area contributed by atoms with Crippen LogP contribution in [0.25, 0.3) is 0 Å². The van der Waals surface area contributed by atoms with E-state index in [0.717, 1.165) is 32.1 Å². The van der Waals surface area contributed by atoms with Crippen LogP contribution in [0.3, 0.4) is 0 Å². The topological polar surface area (TPSA) is 96.1 Å². The Morgan fingerprint density at radius 1 is 1.48 bits per heavy atom. The molecule has 1 atom stereocenters. The van der Waals surface area contributed by atoms with Gasteiger partial charge in [0.2, 0.25) is 11.7 Å². The molecule has 1 heterocycles. The molecular weight excluding hydrogens is 296 g/mol. The van der Waals surface area contributed by atoms with Crippen LogP contribution >= 0.6 is 0 Å². The molecule has 7 heteroatoms. The molecule has 1 saturated carbocycles. The number of nitrogens with zero attached hydrogens (tertiary/aromatic N) is 1. The maximum atomic E-state index is 12.0. The Hall–Kier alpha value is -1.89. The third-order valence-electron chi connectivity index (χ3n) is 4.50. The van der Waals surface area contributed by atoms with E-state index in [9.17, 15) is 9.59 Å². The van der Waals surface area contributed by atoms with Crippen molar-refractivity contribution in [1.29, 1.82) is 0 Å². The number of amides is 1. The van der Waals surface area contributed by atoms with Crippen molar-refractivity contribution < 1.29 is 9.53 Å². The van der Waals surface area contributed by atoms with Crippen LogP contribution in [-0.2, 0) is 10.3 Å². The molecule has 1 aromatic rings. The van der Waals surface area contributed by atoms with E-state index in [2.05, 4.69) is 20.6 Å². The molecule has 7 nitrogen and oxygen atoms in total. The summed E-state index contributed by atoms with van der Waals surface area (Å²) in [4.78, 5) is 31.1. The fourth-order valence-corrected chi connectivity index (χ4v) is 2.93. The average molecular weight is 322 g/mol. The third kappa shape index (κ3) is 4.10. The van der Waals surface area contributed by atoms with Crippen molar-refractivity contribution in [2.45, 2.75) is 57.5 Å². The summed E-state index contributed by atoms with van der Waals surface area (Å²) in [6, 6.07) is 0.155. The van der Waals surface area contributed by atoms with Gasteiger partial charge in [-0.2, -0.15) is 0 Å². The van der Waals surface area contributed by atoms with E-state index in [1.54, 1.807) is 0 Å². The number of hydrogen-bond donors (Lipinski definition) is 3. The Balaban J connectivity index is 2.12. The summed E-state index contributed by atoms with van der Waals surface area (Å²) in [7, 11) is 1.44. The normalized spacial score (nSPS) is 17.7. The fraction of sp³-hybridized carbons (Fsp3) is 0.688. The Morgan fingerprint density at radius 2 is 2.17 bits per heavy atom. The molecule has 0 aromatic carbocycles. The highest BCUT2D eigenvalue weighted by molar-refractivity contribution is 5.78. The Labute approximate surface area is 136 Å². The lowest BCUT2D eigenvalue weighted by atomic mass is 9.96. The molecule has 1 unspecified atom stereocenters. The zero-order valence-electron chi connectivity index (χ0n) is 14.1. The van der Waals surface area contributed by atoms with Crippen LogP contribution in [0.1, 0.15) is 51.8 Å². The van der Waals surface area contributed by atoms with Gasteiger partial charge in [0.15, 0.2) is 0 Å². The van der Waals surface area contributed by atoms with Crippen molar-refractivity contribution in [3.8, 4) is 5.75 Å². The number of aromatic nitrogens is 2. The lowest BCUT2D eigenvalue weighted by Gasteiger charge is -2.29. The minimum atomic E-state index is -0.446. The van der Waals surface area contributed by atoms with Crippen LogP contribution in [0.15, 0.2) is 11.0 Å². The summed E-state index contributed by atoms with van der Waals surface area (Å²) < 4.78 is 4.96. The number of methoxy groups -OCH3 is 1. The van der Waals surface area contributed by atoms with Crippen molar-refractivity contribution in [2.24, 2.45) is 0 Å². The van der Waals surface area contributed by atoms with Gasteiger partial charge in [-0.1, -0.05) is 19.8 Å². The minimum absolute atomic E-state index is 0.0403. The monoisotopic (exact) mass is 322 g/mol. The van der Waals surface area contributed by atoms with Crippen LogP contribution < -0.4 is 20.9 Å². The summed E-state index contributed by atoms with van der Waals surface area (Å²) in [6.07, 6.45) is 6.10. The lowest BCUT2D eigenvalue weighted by Crippen LogP contribution is -2.48. The van der Waals surface area contributed by atoms with E-state index in [1.807, 2.05) is 13.8 Å². The van der Waals surface area contributed by atoms with Gasteiger partial charge in [0.1, 0.15) is 5.82 Å². The van der Waals surface area contributed by atoms with Crippen LogP contribution in [-0.4, -0.2) is 35.6 Å². The molecule has 3 N–H and O–H groups in total. The Morgan fingerprint density at radius 3 is 2.74 bits per heavy atom. The molecule has 0 saturated heterocycles. The second-order valence-electron chi connectivity index (χ2n) is 6.15. The van der Waals surface area contributed by atoms with Gasteiger partial charge in [-0.25, -0.2) is 4.98 Å². The molecule has 1 amide bonds.